The van der Waals surface area contributed by atoms with Crippen LogP contribution in [0.4, 0.5) is 5.13 Å². The minimum Gasteiger partial charge on any atom is -0.494 e. The number of nitrogens with one attached hydrogen (secondary N) is 2. The van der Waals surface area contributed by atoms with Crippen molar-refractivity contribution in [3.05, 3.63) is 31.3 Å². The topological polar surface area (TPSA) is 94.1 Å². The number of aliphatic imine (C=N–C) groups is 1. The minimum absolute atomic E-state index is 0.0479. The fourth-order valence-corrected chi connectivity index (χ4v) is 3.30. The fourth-order valence-electron chi connectivity index (χ4n) is 2.12. The average Bonchev–Trinajstić information content (AvgIpc) is 2.80. The first-order chi connectivity index (χ1) is 9.63. The maximum atomic E-state index is 11.7. The highest BCUT2D eigenvalue weighted by Crippen LogP contribution is 2.31. The smallest absolute Gasteiger partial charge is 0.264 e. The summed E-state index contributed by atoms with van der Waals surface area (Å²) in [6.45, 7) is 0. The van der Waals surface area contributed by atoms with Crippen molar-refractivity contribution in [2.24, 2.45) is 4.99 Å². The number of nitrogens with zero attached hydrogens (tertiary/aromatic N) is 2. The van der Waals surface area contributed by atoms with E-state index in [-0.39, 0.29) is 16.2 Å². The van der Waals surface area contributed by atoms with Crippen molar-refractivity contribution in [1.82, 2.24) is 15.0 Å². The molecule has 6 nitrogen and oxygen atoms in total. The zero-order valence-electron chi connectivity index (χ0n) is 10.5. The first-order valence-corrected chi connectivity index (χ1v) is 7.44. The van der Waals surface area contributed by atoms with Crippen LogP contribution in [0.3, 0.4) is 0 Å². The maximum absolute atomic E-state index is 11.7. The summed E-state index contributed by atoms with van der Waals surface area (Å²) in [7, 11) is 0. The third-order valence-corrected chi connectivity index (χ3v) is 4.37. The van der Waals surface area contributed by atoms with Crippen LogP contribution >= 0.6 is 23.6 Å². The van der Waals surface area contributed by atoms with Crippen molar-refractivity contribution in [1.29, 1.82) is 0 Å². The summed E-state index contributed by atoms with van der Waals surface area (Å²) < 4.78 is 0.0781. The molecular formula is C12H12N4O2S2. The molecule has 0 saturated heterocycles. The molecule has 0 amide bonds. The maximum Gasteiger partial charge on any atom is 0.264 e. The number of fused-ring (bicyclic) bond motifs is 1. The van der Waals surface area contributed by atoms with E-state index in [1.165, 1.54) is 28.8 Å². The van der Waals surface area contributed by atoms with E-state index in [0.717, 1.165) is 25.0 Å². The lowest BCUT2D eigenvalue weighted by Crippen LogP contribution is -2.13. The van der Waals surface area contributed by atoms with Gasteiger partial charge >= 0.3 is 0 Å². The number of H-pyrrole nitrogens is 2. The molecule has 0 spiro atoms. The summed E-state index contributed by atoms with van der Waals surface area (Å²) >= 11 is 6.29. The Morgan fingerprint density at radius 3 is 2.90 bits per heavy atom. The number of aromatic amines is 2. The van der Waals surface area contributed by atoms with Crippen molar-refractivity contribution >= 4 is 34.9 Å². The molecule has 0 fully saturated rings. The number of aromatic hydroxyl groups is 1. The Morgan fingerprint density at radius 2 is 2.15 bits per heavy atom. The number of aryl methyl sites for hydroxylation is 2. The van der Waals surface area contributed by atoms with Crippen LogP contribution in [-0.2, 0) is 12.8 Å². The second kappa shape index (κ2) is 5.29. The van der Waals surface area contributed by atoms with Gasteiger partial charge in [0.15, 0.2) is 4.77 Å². The van der Waals surface area contributed by atoms with Gasteiger partial charge in [0.05, 0.1) is 5.69 Å². The first kappa shape index (κ1) is 13.2. The van der Waals surface area contributed by atoms with Crippen molar-refractivity contribution in [2.45, 2.75) is 25.7 Å². The van der Waals surface area contributed by atoms with Crippen LogP contribution in [-0.4, -0.2) is 26.3 Å². The van der Waals surface area contributed by atoms with Gasteiger partial charge < -0.3 is 10.1 Å². The third-order valence-electron chi connectivity index (χ3n) is 3.10. The average molecular weight is 308 g/mol. The minimum atomic E-state index is -0.476. The van der Waals surface area contributed by atoms with Gasteiger partial charge in [-0.3, -0.25) is 9.78 Å². The molecule has 0 atom stereocenters. The quantitative estimate of drug-likeness (QED) is 0.585. The van der Waals surface area contributed by atoms with E-state index in [9.17, 15) is 9.90 Å². The summed E-state index contributed by atoms with van der Waals surface area (Å²) in [4.78, 5) is 26.4. The normalized spacial score (nSPS) is 14.6. The molecule has 0 saturated carbocycles. The summed E-state index contributed by atoms with van der Waals surface area (Å²) in [5, 5.41) is 10.3. The second-order valence-electron chi connectivity index (χ2n) is 4.50. The molecule has 104 valence electrons. The van der Waals surface area contributed by atoms with Gasteiger partial charge in [-0.1, -0.05) is 11.3 Å². The van der Waals surface area contributed by atoms with Gasteiger partial charge in [0.25, 0.3) is 5.56 Å². The molecule has 0 aromatic carbocycles. The molecule has 0 aliphatic heterocycles. The number of hydrogen-bond donors (Lipinski definition) is 3. The van der Waals surface area contributed by atoms with Gasteiger partial charge in [0, 0.05) is 11.1 Å². The highest BCUT2D eigenvalue weighted by Gasteiger charge is 2.14. The fraction of sp³-hybridized carbons (Fsp3) is 0.333. The van der Waals surface area contributed by atoms with Gasteiger partial charge in [-0.2, -0.15) is 0 Å². The monoisotopic (exact) mass is 308 g/mol. The Hall–Kier alpha value is -1.80. The van der Waals surface area contributed by atoms with Crippen LogP contribution in [0.5, 0.6) is 5.88 Å². The lowest BCUT2D eigenvalue weighted by molar-refractivity contribution is 0.449. The van der Waals surface area contributed by atoms with E-state index in [1.807, 2.05) is 0 Å². The van der Waals surface area contributed by atoms with Crippen LogP contribution in [0.1, 0.15) is 29.0 Å². The van der Waals surface area contributed by atoms with Gasteiger partial charge in [0.2, 0.25) is 11.0 Å². The molecule has 20 heavy (non-hydrogen) atoms. The number of aromatic nitrogens is 3. The van der Waals surface area contributed by atoms with Crippen LogP contribution in [0, 0.1) is 4.77 Å². The Labute approximate surface area is 123 Å². The molecule has 3 rings (SSSR count). The highest BCUT2D eigenvalue weighted by molar-refractivity contribution is 7.71. The van der Waals surface area contributed by atoms with Gasteiger partial charge in [-0.25, -0.2) is 9.98 Å². The van der Waals surface area contributed by atoms with Crippen molar-refractivity contribution in [2.75, 3.05) is 0 Å². The van der Waals surface area contributed by atoms with Crippen LogP contribution in [0.25, 0.3) is 0 Å². The molecule has 2 aromatic rings. The Kier molecular flexibility index (Phi) is 3.49. The Morgan fingerprint density at radius 1 is 1.35 bits per heavy atom. The molecule has 2 heterocycles. The number of thiazole rings is 1. The lowest BCUT2D eigenvalue weighted by atomic mass is 10.0. The molecule has 0 unspecified atom stereocenters. The molecule has 3 N–H and O–H groups in total. The third kappa shape index (κ3) is 2.56. The van der Waals surface area contributed by atoms with Gasteiger partial charge in [-0.15, -0.1) is 0 Å². The number of hydrogen-bond acceptors (Lipinski definition) is 6. The second-order valence-corrected chi connectivity index (χ2v) is 5.97. The predicted molar refractivity (Wildman–Crippen MR) is 79.9 cm³/mol. The molecule has 0 bridgehead atoms. The predicted octanol–water partition coefficient (Wildman–Crippen LogP) is 2.22. The van der Waals surface area contributed by atoms with Crippen LogP contribution < -0.4 is 5.56 Å². The zero-order chi connectivity index (χ0) is 14.1. The summed E-state index contributed by atoms with van der Waals surface area (Å²) in [5.74, 6) is -0.288. The van der Waals surface area contributed by atoms with E-state index in [4.69, 9.17) is 12.2 Å². The zero-order valence-corrected chi connectivity index (χ0v) is 12.1. The molecule has 0 radical (unpaired) electrons. The molecule has 1 aliphatic rings. The first-order valence-electron chi connectivity index (χ1n) is 6.21. The molecule has 1 aliphatic carbocycles. The highest BCUT2D eigenvalue weighted by atomic mass is 32.1. The summed E-state index contributed by atoms with van der Waals surface area (Å²) in [6, 6.07) is 0. The lowest BCUT2D eigenvalue weighted by Gasteiger charge is -2.06. The summed E-state index contributed by atoms with van der Waals surface area (Å²) in [6.07, 6.45) is 5.70. The van der Waals surface area contributed by atoms with E-state index in [0.29, 0.717) is 5.13 Å². The van der Waals surface area contributed by atoms with Crippen LogP contribution in [0.15, 0.2) is 9.79 Å². The van der Waals surface area contributed by atoms with Crippen molar-refractivity contribution < 1.29 is 5.11 Å². The number of rotatable bonds is 2. The van der Waals surface area contributed by atoms with Gasteiger partial charge in [0.1, 0.15) is 5.56 Å². The van der Waals surface area contributed by atoms with Crippen molar-refractivity contribution in [3.63, 3.8) is 0 Å². The van der Waals surface area contributed by atoms with E-state index in [1.54, 1.807) is 0 Å². The SMILES string of the molecule is O=c1[nH]c(=S)[nH]c(O)c1/C=N/c1nc2c(s1)CCCC2. The molecular weight excluding hydrogens is 296 g/mol. The largest absolute Gasteiger partial charge is 0.494 e. The van der Waals surface area contributed by atoms with Gasteiger partial charge in [-0.05, 0) is 37.9 Å². The van der Waals surface area contributed by atoms with E-state index in [2.05, 4.69) is 19.9 Å². The van der Waals surface area contributed by atoms with Crippen molar-refractivity contribution in [3.8, 4) is 5.88 Å². The molecule has 8 heteroatoms. The van der Waals surface area contributed by atoms with Crippen LogP contribution in [0.2, 0.25) is 0 Å². The summed E-state index contributed by atoms with van der Waals surface area (Å²) in [5.41, 5.74) is 0.682. The standard InChI is InChI=1S/C12H12N4O2S2/c17-9-6(10(18)16-11(19)15-9)5-13-12-14-7-3-1-2-4-8(7)20-12/h5H,1-4H2,(H3,15,16,17,18,19)/b13-5+. The molecule has 2 aromatic heterocycles. The Bertz CT molecular complexity index is 764. The van der Waals surface area contributed by atoms with E-state index >= 15 is 0 Å². The van der Waals surface area contributed by atoms with E-state index < -0.39 is 5.56 Å². The Balaban J connectivity index is 1.93.